The van der Waals surface area contributed by atoms with Gasteiger partial charge in [-0.2, -0.15) is 0 Å². The molecule has 5 nitrogen and oxygen atoms in total. The Morgan fingerprint density at radius 1 is 1.11 bits per heavy atom. The van der Waals surface area contributed by atoms with Gasteiger partial charge in [0.05, 0.1) is 7.11 Å². The molecule has 1 N–H and O–H groups in total. The van der Waals surface area contributed by atoms with E-state index in [2.05, 4.69) is 30.0 Å². The van der Waals surface area contributed by atoms with Gasteiger partial charge in [-0.1, -0.05) is 48.9 Å². The van der Waals surface area contributed by atoms with E-state index in [0.717, 1.165) is 17.7 Å². The van der Waals surface area contributed by atoms with Crippen LogP contribution in [-0.2, 0) is 22.6 Å². The van der Waals surface area contributed by atoms with Gasteiger partial charge in [0.25, 0.3) is 0 Å². The zero-order valence-corrected chi connectivity index (χ0v) is 17.1. The molecule has 1 atom stereocenters. The van der Waals surface area contributed by atoms with E-state index < -0.39 is 6.10 Å². The lowest BCUT2D eigenvalue weighted by atomic mass is 10.1. The van der Waals surface area contributed by atoms with Gasteiger partial charge in [0, 0.05) is 26.1 Å². The van der Waals surface area contributed by atoms with Gasteiger partial charge in [-0.05, 0) is 36.6 Å². The molecule has 2 rings (SSSR count). The van der Waals surface area contributed by atoms with Crippen molar-refractivity contribution in [3.8, 4) is 5.75 Å². The van der Waals surface area contributed by atoms with Crippen LogP contribution in [0.25, 0.3) is 0 Å². The van der Waals surface area contributed by atoms with Crippen LogP contribution in [0.15, 0.2) is 48.5 Å². The second kappa shape index (κ2) is 11.5. The molecular formula is C23H31NO4. The number of rotatable bonds is 11. The Labute approximate surface area is 167 Å². The summed E-state index contributed by atoms with van der Waals surface area (Å²) in [7, 11) is 1.65. The Hall–Kier alpha value is -2.37. The second-order valence-corrected chi connectivity index (χ2v) is 7.09. The summed E-state index contributed by atoms with van der Waals surface area (Å²) in [4.78, 5) is 13.7. The van der Waals surface area contributed by atoms with Crippen molar-refractivity contribution < 1.29 is 19.4 Å². The van der Waals surface area contributed by atoms with Crippen LogP contribution in [0.1, 0.15) is 36.5 Å². The topological polar surface area (TPSA) is 59.0 Å². The highest BCUT2D eigenvalue weighted by Gasteiger charge is 2.15. The molecule has 0 fully saturated rings. The minimum Gasteiger partial charge on any atom is -0.497 e. The van der Waals surface area contributed by atoms with Gasteiger partial charge in [0.1, 0.15) is 18.5 Å². The lowest BCUT2D eigenvalue weighted by Crippen LogP contribution is -2.34. The van der Waals surface area contributed by atoms with Crippen LogP contribution in [0.3, 0.4) is 0 Å². The maximum Gasteiger partial charge on any atom is 0.305 e. The predicted octanol–water partition coefficient (Wildman–Crippen LogP) is 3.71. The molecule has 0 radical (unpaired) electrons. The summed E-state index contributed by atoms with van der Waals surface area (Å²) in [6, 6.07) is 16.3. The van der Waals surface area contributed by atoms with E-state index in [1.807, 2.05) is 37.3 Å². The maximum absolute atomic E-state index is 11.6. The number of benzene rings is 2. The first-order valence-electron chi connectivity index (χ1n) is 9.74. The Kier molecular flexibility index (Phi) is 8.98. The smallest absolute Gasteiger partial charge is 0.305 e. The number of ether oxygens (including phenoxy) is 2. The van der Waals surface area contributed by atoms with Crippen LogP contribution < -0.4 is 4.74 Å². The fourth-order valence-electron chi connectivity index (χ4n) is 3.06. The van der Waals surface area contributed by atoms with Crippen molar-refractivity contribution >= 4 is 5.97 Å². The lowest BCUT2D eigenvalue weighted by molar-refractivity contribution is -0.147. The van der Waals surface area contributed by atoms with Crippen molar-refractivity contribution in [2.75, 3.05) is 20.3 Å². The first-order chi connectivity index (χ1) is 13.5. The van der Waals surface area contributed by atoms with E-state index in [4.69, 9.17) is 9.47 Å². The Morgan fingerprint density at radius 3 is 2.46 bits per heavy atom. The third kappa shape index (κ3) is 7.71. The van der Waals surface area contributed by atoms with Gasteiger partial charge in [-0.15, -0.1) is 0 Å². The summed E-state index contributed by atoms with van der Waals surface area (Å²) < 4.78 is 10.4. The SMILES string of the molecule is CCCC(=O)OC[C@H](O)CN(Cc1ccc(OC)cc1)Cc1cccc(C)c1. The van der Waals surface area contributed by atoms with Crippen molar-refractivity contribution in [3.63, 3.8) is 0 Å². The van der Waals surface area contributed by atoms with Gasteiger partial charge >= 0.3 is 5.97 Å². The molecule has 0 aromatic heterocycles. The molecule has 0 bridgehead atoms. The average Bonchev–Trinajstić information content (AvgIpc) is 2.67. The van der Waals surface area contributed by atoms with Crippen LogP contribution in [-0.4, -0.2) is 42.3 Å². The molecule has 0 unspecified atom stereocenters. The quantitative estimate of drug-likeness (QED) is 0.598. The predicted molar refractivity (Wildman–Crippen MR) is 110 cm³/mol. The molecule has 0 aliphatic rings. The van der Waals surface area contributed by atoms with Crippen LogP contribution in [0.4, 0.5) is 0 Å². The number of carbonyl (C=O) groups is 1. The second-order valence-electron chi connectivity index (χ2n) is 7.09. The maximum atomic E-state index is 11.6. The Bertz CT molecular complexity index is 730. The van der Waals surface area contributed by atoms with Crippen LogP contribution >= 0.6 is 0 Å². The molecule has 152 valence electrons. The largest absolute Gasteiger partial charge is 0.497 e. The minimum absolute atomic E-state index is 0.0196. The van der Waals surface area contributed by atoms with Crippen molar-refractivity contribution in [2.24, 2.45) is 0 Å². The third-order valence-electron chi connectivity index (χ3n) is 4.41. The molecule has 5 heteroatoms. The van der Waals surface area contributed by atoms with Crippen molar-refractivity contribution in [1.82, 2.24) is 4.90 Å². The van der Waals surface area contributed by atoms with E-state index >= 15 is 0 Å². The number of aliphatic hydroxyl groups excluding tert-OH is 1. The Morgan fingerprint density at radius 2 is 1.82 bits per heavy atom. The fraction of sp³-hybridized carbons (Fsp3) is 0.435. The highest BCUT2D eigenvalue weighted by Crippen LogP contribution is 2.16. The van der Waals surface area contributed by atoms with Gasteiger partial charge in [-0.3, -0.25) is 9.69 Å². The number of hydrogen-bond donors (Lipinski definition) is 1. The van der Waals surface area contributed by atoms with E-state index in [0.29, 0.717) is 26.1 Å². The zero-order valence-electron chi connectivity index (χ0n) is 17.1. The molecule has 0 aliphatic carbocycles. The highest BCUT2D eigenvalue weighted by atomic mass is 16.5. The standard InChI is InChI=1S/C23H31NO4/c1-4-6-23(26)28-17-21(25)16-24(15-20-8-5-7-18(2)13-20)14-19-9-11-22(27-3)12-10-19/h5,7-13,21,25H,4,6,14-17H2,1-3H3/t21-/m1/s1. The van der Waals surface area contributed by atoms with Crippen molar-refractivity contribution in [2.45, 2.75) is 45.9 Å². The number of esters is 1. The number of aliphatic hydroxyl groups is 1. The molecule has 2 aromatic carbocycles. The molecule has 28 heavy (non-hydrogen) atoms. The first-order valence-corrected chi connectivity index (χ1v) is 9.74. The zero-order chi connectivity index (χ0) is 20.4. The summed E-state index contributed by atoms with van der Waals surface area (Å²) in [5, 5.41) is 10.4. The number of nitrogens with zero attached hydrogens (tertiary/aromatic N) is 1. The monoisotopic (exact) mass is 385 g/mol. The molecule has 0 aliphatic heterocycles. The van der Waals surface area contributed by atoms with Gasteiger partial charge in [-0.25, -0.2) is 0 Å². The number of carbonyl (C=O) groups excluding carboxylic acids is 1. The molecular weight excluding hydrogens is 354 g/mol. The summed E-state index contributed by atoms with van der Waals surface area (Å²) in [5.41, 5.74) is 3.52. The fourth-order valence-corrected chi connectivity index (χ4v) is 3.06. The van der Waals surface area contributed by atoms with Crippen molar-refractivity contribution in [1.29, 1.82) is 0 Å². The summed E-state index contributed by atoms with van der Waals surface area (Å²) in [6.07, 6.45) is 0.390. The van der Waals surface area contributed by atoms with Crippen LogP contribution in [0, 0.1) is 6.92 Å². The molecule has 2 aromatic rings. The molecule has 0 saturated heterocycles. The van der Waals surface area contributed by atoms with Crippen LogP contribution in [0.5, 0.6) is 5.75 Å². The van der Waals surface area contributed by atoms with Gasteiger partial charge in [0.2, 0.25) is 0 Å². The van der Waals surface area contributed by atoms with E-state index in [9.17, 15) is 9.90 Å². The third-order valence-corrected chi connectivity index (χ3v) is 4.41. The molecule has 0 spiro atoms. The lowest BCUT2D eigenvalue weighted by Gasteiger charge is -2.25. The summed E-state index contributed by atoms with van der Waals surface area (Å²) in [6.45, 7) is 5.81. The summed E-state index contributed by atoms with van der Waals surface area (Å²) in [5.74, 6) is 0.554. The van der Waals surface area contributed by atoms with E-state index in [-0.39, 0.29) is 12.6 Å². The average molecular weight is 386 g/mol. The van der Waals surface area contributed by atoms with Gasteiger partial charge in [0.15, 0.2) is 0 Å². The normalized spacial score (nSPS) is 12.0. The van der Waals surface area contributed by atoms with E-state index in [1.165, 1.54) is 11.1 Å². The minimum atomic E-state index is -0.733. The molecule has 0 heterocycles. The van der Waals surface area contributed by atoms with Crippen LogP contribution in [0.2, 0.25) is 0 Å². The summed E-state index contributed by atoms with van der Waals surface area (Å²) >= 11 is 0. The molecule has 0 amide bonds. The Balaban J connectivity index is 2.02. The van der Waals surface area contributed by atoms with Gasteiger partial charge < -0.3 is 14.6 Å². The first kappa shape index (κ1) is 21.9. The number of hydrogen-bond acceptors (Lipinski definition) is 5. The molecule has 0 saturated carbocycles. The van der Waals surface area contributed by atoms with E-state index in [1.54, 1.807) is 7.11 Å². The number of methoxy groups -OCH3 is 1. The van der Waals surface area contributed by atoms with Crippen molar-refractivity contribution in [3.05, 3.63) is 65.2 Å². The number of aryl methyl sites for hydroxylation is 1. The highest BCUT2D eigenvalue weighted by molar-refractivity contribution is 5.69.